The van der Waals surface area contributed by atoms with E-state index in [-0.39, 0.29) is 42.9 Å². The van der Waals surface area contributed by atoms with Gasteiger partial charge in [0.1, 0.15) is 54.2 Å². The number of esters is 1. The fourth-order valence-electron chi connectivity index (χ4n) is 9.19. The number of aliphatic hydroxyl groups excluding tert-OH is 5. The molecule has 1 aromatic heterocycles. The van der Waals surface area contributed by atoms with E-state index in [9.17, 15) is 59.4 Å². The molecule has 14 unspecified atom stereocenters. The first-order valence-electron chi connectivity index (χ1n) is 22.5. The third-order valence-corrected chi connectivity index (χ3v) is 12.8. The second-order valence-electron chi connectivity index (χ2n) is 17.5. The molecular formula is C44H62N4O18. The van der Waals surface area contributed by atoms with E-state index in [1.807, 2.05) is 4.98 Å². The number of carbonyl (C=O) groups excluding carboxylic acids is 3. The van der Waals surface area contributed by atoms with Crippen molar-refractivity contribution in [1.82, 2.24) is 20.6 Å². The molecule has 2 saturated heterocycles. The maximum Gasteiger partial charge on any atom is 0.338 e. The third-order valence-electron chi connectivity index (χ3n) is 12.8. The number of nitrogens with one attached hydrogen (secondary N) is 4. The predicted octanol–water partition coefficient (Wildman–Crippen LogP) is -1.15. The normalized spacial score (nSPS) is 33.4. The average molecular weight is 935 g/mol. The van der Waals surface area contributed by atoms with Crippen LogP contribution in [0.2, 0.25) is 0 Å². The Morgan fingerprint density at radius 2 is 1.59 bits per heavy atom. The van der Waals surface area contributed by atoms with Gasteiger partial charge in [-0.15, -0.1) is 0 Å². The summed E-state index contributed by atoms with van der Waals surface area (Å²) >= 11 is 0. The van der Waals surface area contributed by atoms with Crippen LogP contribution in [0.15, 0.2) is 46.0 Å². The van der Waals surface area contributed by atoms with Gasteiger partial charge in [0.05, 0.1) is 30.4 Å². The van der Waals surface area contributed by atoms with Crippen molar-refractivity contribution in [2.75, 3.05) is 20.2 Å². The molecule has 4 fully saturated rings. The highest BCUT2D eigenvalue weighted by atomic mass is 16.7. The molecule has 6 rings (SSSR count). The summed E-state index contributed by atoms with van der Waals surface area (Å²) in [6, 6.07) is 7.24. The lowest BCUT2D eigenvalue weighted by Gasteiger charge is -2.49. The highest BCUT2D eigenvalue weighted by molar-refractivity contribution is 5.92. The number of ketones is 1. The Morgan fingerprint density at radius 3 is 2.26 bits per heavy atom. The van der Waals surface area contributed by atoms with Gasteiger partial charge < -0.3 is 74.7 Å². The van der Waals surface area contributed by atoms with Gasteiger partial charge in [0, 0.05) is 18.4 Å². The molecule has 1 aromatic carbocycles. The topological polar surface area (TPSA) is 335 Å². The summed E-state index contributed by atoms with van der Waals surface area (Å²) in [4.78, 5) is 83.2. The molecule has 2 aliphatic carbocycles. The van der Waals surface area contributed by atoms with Crippen molar-refractivity contribution in [3.8, 4) is 0 Å². The third kappa shape index (κ3) is 12.7. The van der Waals surface area contributed by atoms with E-state index in [1.165, 1.54) is 19.1 Å². The zero-order chi connectivity index (χ0) is 47.7. The minimum atomic E-state index is -1.88. The van der Waals surface area contributed by atoms with Gasteiger partial charge in [0.15, 0.2) is 24.8 Å². The van der Waals surface area contributed by atoms with Crippen LogP contribution in [0.1, 0.15) is 92.0 Å². The van der Waals surface area contributed by atoms with Crippen molar-refractivity contribution in [3.05, 3.63) is 68.5 Å². The van der Waals surface area contributed by atoms with Crippen LogP contribution < -0.4 is 21.9 Å². The molecule has 0 spiro atoms. The minimum absolute atomic E-state index is 0.0236. The second kappa shape index (κ2) is 23.5. The van der Waals surface area contributed by atoms with Crippen LogP contribution in [-0.2, 0) is 38.0 Å². The van der Waals surface area contributed by atoms with Crippen LogP contribution in [0, 0.1) is 11.8 Å². The highest BCUT2D eigenvalue weighted by Crippen LogP contribution is 2.38. The fourth-order valence-corrected chi connectivity index (χ4v) is 9.19. The number of benzene rings is 1. The van der Waals surface area contributed by atoms with Crippen molar-refractivity contribution in [2.45, 2.75) is 157 Å². The summed E-state index contributed by atoms with van der Waals surface area (Å²) in [6.07, 6.45) is -16.6. The summed E-state index contributed by atoms with van der Waals surface area (Å²) in [5.74, 6) is -4.50. The van der Waals surface area contributed by atoms with Crippen molar-refractivity contribution >= 4 is 23.6 Å². The summed E-state index contributed by atoms with van der Waals surface area (Å²) < 4.78 is 37.2. The Kier molecular flexibility index (Phi) is 18.1. The first-order valence-corrected chi connectivity index (χ1v) is 22.5. The Labute approximate surface area is 379 Å². The second-order valence-corrected chi connectivity index (χ2v) is 17.5. The number of hydrogen-bond acceptors (Lipinski definition) is 18. The van der Waals surface area contributed by atoms with E-state index in [1.54, 1.807) is 25.2 Å². The number of amides is 1. The van der Waals surface area contributed by atoms with Gasteiger partial charge in [-0.25, -0.2) is 14.4 Å². The van der Waals surface area contributed by atoms with E-state index in [2.05, 4.69) is 15.6 Å². The number of hydrogen-bond donors (Lipinski definition) is 10. The van der Waals surface area contributed by atoms with Crippen molar-refractivity contribution in [1.29, 1.82) is 0 Å². The van der Waals surface area contributed by atoms with Gasteiger partial charge in [0.2, 0.25) is 0 Å². The van der Waals surface area contributed by atoms with Gasteiger partial charge in [-0.05, 0) is 64.3 Å². The largest absolute Gasteiger partial charge is 0.479 e. The molecule has 66 heavy (non-hydrogen) atoms. The summed E-state index contributed by atoms with van der Waals surface area (Å²) in [5, 5.41) is 70.7. The van der Waals surface area contributed by atoms with Crippen LogP contribution in [0.25, 0.3) is 0 Å². The van der Waals surface area contributed by atoms with Gasteiger partial charge in [-0.1, -0.05) is 50.3 Å². The SMILES string of the molecule is CNCCCC(=O)C1CC(NC(=O)c2cc(=O)[nH]c(=O)[nH]2)C(OC2OC(C)C(O)C(O)C2O)C(OC2OC(CO)C(O)C(O[C@@H](CC3CCCCC3)C(=O)O)C2OC(=O)c2ccccc2)C1. The monoisotopic (exact) mass is 934 g/mol. The summed E-state index contributed by atoms with van der Waals surface area (Å²) in [6.45, 7) is 1.04. The Balaban J connectivity index is 1.42. The lowest BCUT2D eigenvalue weighted by molar-refractivity contribution is -0.347. The minimum Gasteiger partial charge on any atom is -0.479 e. The van der Waals surface area contributed by atoms with Crippen LogP contribution in [0.5, 0.6) is 0 Å². The molecule has 0 bridgehead atoms. The van der Waals surface area contributed by atoms with Gasteiger partial charge in [-0.3, -0.25) is 19.4 Å². The number of H-pyrrole nitrogens is 2. The molecule has 3 heterocycles. The van der Waals surface area contributed by atoms with Crippen molar-refractivity contribution < 1.29 is 78.2 Å². The quantitative estimate of drug-likeness (QED) is 0.0587. The molecule has 2 saturated carbocycles. The molecule has 22 nitrogen and oxygen atoms in total. The lowest BCUT2D eigenvalue weighted by atomic mass is 9.78. The number of Topliss-reactive ketones (excluding diaryl/α,β-unsaturated/α-hetero) is 1. The van der Waals surface area contributed by atoms with Crippen molar-refractivity contribution in [2.24, 2.45) is 11.8 Å². The van der Waals surface area contributed by atoms with Gasteiger partial charge in [-0.2, -0.15) is 0 Å². The molecule has 1 amide bonds. The van der Waals surface area contributed by atoms with E-state index < -0.39 is 133 Å². The Bertz CT molecular complexity index is 2020. The number of aromatic amines is 2. The van der Waals surface area contributed by atoms with Gasteiger partial charge in [0.25, 0.3) is 11.5 Å². The number of carboxylic acid groups (broad SMARTS) is 1. The number of aliphatic carboxylic acids is 1. The van der Waals surface area contributed by atoms with Crippen LogP contribution in [0.4, 0.5) is 0 Å². The first kappa shape index (κ1) is 50.9. The molecule has 10 N–H and O–H groups in total. The Morgan fingerprint density at radius 1 is 0.864 bits per heavy atom. The zero-order valence-corrected chi connectivity index (χ0v) is 36.8. The van der Waals surface area contributed by atoms with E-state index in [4.69, 9.17) is 28.4 Å². The lowest BCUT2D eigenvalue weighted by Crippen LogP contribution is -2.65. The molecule has 0 radical (unpaired) electrons. The molecule has 15 atom stereocenters. The van der Waals surface area contributed by atoms with Crippen LogP contribution >= 0.6 is 0 Å². The maximum absolute atomic E-state index is 14.0. The standard InChI is InChI=1S/C44H62N4O18/c1-21-32(52)34(54)35(55)42(61-21)66-36-25(46-39(56)26-19-31(51)48-44(60)47-26)17-24(27(50)14-9-15-45-2)18-28(36)63-43-38(65-41(59)23-12-7-4-8-13-23)37(33(53)30(20-49)64-43)62-29(40(57)58)16-22-10-5-3-6-11-22/h4,7-8,12-13,19,21-22,24-25,28-30,32-38,42-43,45,49,52-55H,3,5-6,9-11,14-18,20H2,1-2H3,(H,46,56)(H,57,58)(H2,47,48,51,60)/t21?,24?,25?,28?,29-,30?,32?,33?,34?,35?,36?,37?,38?,42?,43?/m0/s1. The molecular weight excluding hydrogens is 872 g/mol. The number of rotatable bonds is 19. The smallest absolute Gasteiger partial charge is 0.338 e. The molecule has 2 aliphatic heterocycles. The van der Waals surface area contributed by atoms with E-state index in [0.29, 0.717) is 13.0 Å². The van der Waals surface area contributed by atoms with E-state index >= 15 is 0 Å². The van der Waals surface area contributed by atoms with E-state index in [0.717, 1.165) is 38.2 Å². The summed E-state index contributed by atoms with van der Waals surface area (Å²) in [7, 11) is 1.72. The fraction of sp³-hybridized carbons (Fsp3) is 0.682. The summed E-state index contributed by atoms with van der Waals surface area (Å²) in [5.41, 5.74) is -2.30. The molecule has 4 aliphatic rings. The average Bonchev–Trinajstić information content (AvgIpc) is 3.29. The van der Waals surface area contributed by atoms with Gasteiger partial charge >= 0.3 is 17.6 Å². The first-order chi connectivity index (χ1) is 31.6. The molecule has 2 aromatic rings. The Hall–Kier alpha value is -4.46. The highest BCUT2D eigenvalue weighted by Gasteiger charge is 2.54. The number of ether oxygens (including phenoxy) is 6. The maximum atomic E-state index is 14.0. The number of aliphatic hydroxyl groups is 5. The molecule has 366 valence electrons. The van der Waals surface area contributed by atoms with Crippen LogP contribution in [-0.4, -0.2) is 170 Å². The zero-order valence-electron chi connectivity index (χ0n) is 36.8. The number of aromatic nitrogens is 2. The number of carboxylic acids is 1. The number of carbonyl (C=O) groups is 4. The molecule has 22 heteroatoms. The van der Waals surface area contributed by atoms with Crippen LogP contribution in [0.3, 0.4) is 0 Å². The predicted molar refractivity (Wildman–Crippen MR) is 227 cm³/mol. The van der Waals surface area contributed by atoms with Crippen molar-refractivity contribution in [3.63, 3.8) is 0 Å².